The fourth-order valence-electron chi connectivity index (χ4n) is 0. The fraction of sp³-hybridized carbons (Fsp3) is 0. The van der Waals surface area contributed by atoms with Gasteiger partial charge in [0.1, 0.15) is 0 Å². The molecule has 0 rings (SSSR count). The van der Waals surface area contributed by atoms with Crippen LogP contribution < -0.4 is 88.7 Å². The van der Waals surface area contributed by atoms with E-state index in [1.807, 2.05) is 51.9 Å². The standard InChI is InChI=1S/3ClH.3Na.3Rh/h3*1H;;;;;;/q;;;3*+1;;;/p-3. The normalized spacial score (nSPS) is 2.33. The van der Waals surface area contributed by atoms with Crippen LogP contribution in [0.5, 0.6) is 0 Å². The molecule has 0 aliphatic heterocycles. The first-order chi connectivity index (χ1) is 3.00. The summed E-state index contributed by atoms with van der Waals surface area (Å²) >= 11 is 6.07. The van der Waals surface area contributed by atoms with E-state index in [-0.39, 0.29) is 88.7 Å². The largest absolute Gasteiger partial charge is 1.00 e. The molecule has 0 nitrogen and oxygen atoms in total. The molecule has 0 fully saturated rings. The van der Waals surface area contributed by atoms with Crippen LogP contribution in [0.15, 0.2) is 0 Å². The van der Waals surface area contributed by atoms with Crippen LogP contribution in [-0.2, 0) is 51.9 Å². The van der Waals surface area contributed by atoms with Crippen LogP contribution in [0.2, 0.25) is 0 Å². The average molecular weight is 484 g/mol. The Morgan fingerprint density at radius 1 is 0.444 bits per heavy atom. The number of hydrogen-bond donors (Lipinski definition) is 0. The van der Waals surface area contributed by atoms with Gasteiger partial charge in [-0.3, -0.25) is 0 Å². The van der Waals surface area contributed by atoms with Gasteiger partial charge in [-0.1, -0.05) is 0 Å². The van der Waals surface area contributed by atoms with Crippen molar-refractivity contribution in [3.8, 4) is 0 Å². The summed E-state index contributed by atoms with van der Waals surface area (Å²) in [5.41, 5.74) is 0. The van der Waals surface area contributed by atoms with E-state index in [4.69, 9.17) is 0 Å². The van der Waals surface area contributed by atoms with Crippen molar-refractivity contribution in [2.75, 3.05) is 0 Å². The second-order valence-electron chi connectivity index (χ2n) is 0. The van der Waals surface area contributed by atoms with Gasteiger partial charge in [-0.15, -0.1) is 0 Å². The summed E-state index contributed by atoms with van der Waals surface area (Å²) in [4.78, 5) is 0. The Kier molecular flexibility index (Phi) is 274. The third-order valence-corrected chi connectivity index (χ3v) is 0. The molecule has 0 N–H and O–H groups in total. The van der Waals surface area contributed by atoms with E-state index in [0.717, 1.165) is 0 Å². The molecule has 0 aliphatic rings. The summed E-state index contributed by atoms with van der Waals surface area (Å²) in [6.45, 7) is 0. The Labute approximate surface area is 165 Å². The summed E-state index contributed by atoms with van der Waals surface area (Å²) in [6, 6.07) is 0. The van der Waals surface area contributed by atoms with E-state index in [1.165, 1.54) is 0 Å². The minimum Gasteiger partial charge on any atom is 1.00 e. The zero-order valence-electron chi connectivity index (χ0n) is 5.13. The molecular weight excluding hydrogens is 484 g/mol. The van der Waals surface area contributed by atoms with Crippen molar-refractivity contribution in [2.45, 2.75) is 0 Å². The van der Waals surface area contributed by atoms with Gasteiger partial charge in [0, 0.05) is 0 Å². The Morgan fingerprint density at radius 2 is 0.444 bits per heavy atom. The Balaban J connectivity index is -0.00000000321. The molecule has 0 atom stereocenters. The molecule has 0 aromatic carbocycles. The molecular formula is Cl3Na3Rh3. The van der Waals surface area contributed by atoms with Gasteiger partial charge in [-0.25, -0.2) is 0 Å². The molecule has 0 aromatic rings. The van der Waals surface area contributed by atoms with Gasteiger partial charge in [-0.05, 0) is 0 Å². The van der Waals surface area contributed by atoms with Crippen molar-refractivity contribution in [1.29, 1.82) is 0 Å². The van der Waals surface area contributed by atoms with Crippen molar-refractivity contribution in [3.63, 3.8) is 0 Å². The van der Waals surface area contributed by atoms with Crippen molar-refractivity contribution >= 4 is 29.1 Å². The van der Waals surface area contributed by atoms with Gasteiger partial charge >= 0.3 is 170 Å². The fourth-order valence-corrected chi connectivity index (χ4v) is 0. The van der Waals surface area contributed by atoms with Crippen LogP contribution in [-0.4, -0.2) is 0 Å². The number of rotatable bonds is 0. The molecule has 0 heterocycles. The minimum atomic E-state index is 0. The topological polar surface area (TPSA) is 0 Å². The van der Waals surface area contributed by atoms with Crippen LogP contribution in [0.25, 0.3) is 0 Å². The van der Waals surface area contributed by atoms with E-state index in [9.17, 15) is 0 Å². The molecule has 51 valence electrons. The van der Waals surface area contributed by atoms with Crippen molar-refractivity contribution in [1.82, 2.24) is 0 Å². The van der Waals surface area contributed by atoms with Crippen molar-refractivity contribution in [3.05, 3.63) is 0 Å². The van der Waals surface area contributed by atoms with Crippen LogP contribution in [0.4, 0.5) is 0 Å². The second-order valence-corrected chi connectivity index (χ2v) is 0. The summed E-state index contributed by atoms with van der Waals surface area (Å²) in [5.74, 6) is 0. The molecule has 0 bridgehead atoms. The van der Waals surface area contributed by atoms with Gasteiger partial charge in [0.15, 0.2) is 0 Å². The summed E-state index contributed by atoms with van der Waals surface area (Å²) < 4.78 is 0. The third kappa shape index (κ3) is 57.5. The molecule has 0 unspecified atom stereocenters. The van der Waals surface area contributed by atoms with Gasteiger partial charge in [-0.2, -0.15) is 0 Å². The average Bonchev–Trinajstić information content (AvgIpc) is 1.81. The van der Waals surface area contributed by atoms with E-state index in [1.54, 1.807) is 0 Å². The summed E-state index contributed by atoms with van der Waals surface area (Å²) in [5, 5.41) is 0. The van der Waals surface area contributed by atoms with Crippen LogP contribution in [0.3, 0.4) is 0 Å². The first-order valence-electron chi connectivity index (χ1n) is 0.378. The van der Waals surface area contributed by atoms with Gasteiger partial charge in [0.05, 0.1) is 0 Å². The first-order valence-corrected chi connectivity index (χ1v) is 6.71. The smallest absolute Gasteiger partial charge is 1.00 e. The van der Waals surface area contributed by atoms with E-state index in [2.05, 4.69) is 29.1 Å². The van der Waals surface area contributed by atoms with Crippen LogP contribution >= 0.6 is 29.1 Å². The maximum Gasteiger partial charge on any atom is 1.00 e. The zero-order chi connectivity index (χ0) is 6.00. The predicted octanol–water partition coefficient (Wildman–Crippen LogP) is -6.93. The summed E-state index contributed by atoms with van der Waals surface area (Å²) in [6.07, 6.45) is 0. The van der Waals surface area contributed by atoms with E-state index >= 15 is 0 Å². The number of halogens is 3. The van der Waals surface area contributed by atoms with Crippen molar-refractivity contribution < 1.29 is 141 Å². The monoisotopic (exact) mass is 483 g/mol. The molecule has 0 radical (unpaired) electrons. The van der Waals surface area contributed by atoms with Gasteiger partial charge in [0.2, 0.25) is 0 Å². The molecule has 0 aliphatic carbocycles. The molecule has 0 saturated carbocycles. The van der Waals surface area contributed by atoms with Crippen LogP contribution in [0, 0.1) is 0 Å². The quantitative estimate of drug-likeness (QED) is 0.301. The Morgan fingerprint density at radius 3 is 0.444 bits per heavy atom. The second kappa shape index (κ2) is 67.7. The maximum atomic E-state index is 4.53. The molecule has 9 heavy (non-hydrogen) atoms. The number of hydrogen-bond acceptors (Lipinski definition) is 0. The molecule has 9 heteroatoms. The SMILES string of the molecule is [Cl][Rh-].[Cl][Rh-].[Cl][Rh-].[Na+].[Na+].[Na+]. The maximum absolute atomic E-state index is 4.53. The van der Waals surface area contributed by atoms with Gasteiger partial charge in [0.25, 0.3) is 0 Å². The molecule has 0 saturated heterocycles. The summed E-state index contributed by atoms with van der Waals surface area (Å²) in [7, 11) is 13.6. The Bertz CT molecular complexity index is 14.3. The van der Waals surface area contributed by atoms with Crippen LogP contribution in [0.1, 0.15) is 0 Å². The zero-order valence-corrected chi connectivity index (χ0v) is 18.3. The first kappa shape index (κ1) is 36.4. The minimum absolute atomic E-state index is 0. The van der Waals surface area contributed by atoms with E-state index in [0.29, 0.717) is 0 Å². The predicted molar refractivity (Wildman–Crippen MR) is 17.6 cm³/mol. The molecule has 0 aromatic heterocycles. The Hall–Kier alpha value is 5.74. The van der Waals surface area contributed by atoms with Gasteiger partial charge < -0.3 is 0 Å². The van der Waals surface area contributed by atoms with Crippen molar-refractivity contribution in [2.24, 2.45) is 0 Å². The third-order valence-electron chi connectivity index (χ3n) is 0. The van der Waals surface area contributed by atoms with E-state index < -0.39 is 0 Å². The molecule has 0 amide bonds. The molecule has 0 spiro atoms.